The Morgan fingerprint density at radius 3 is 2.29 bits per heavy atom. The average molecular weight is 334 g/mol. The molecule has 7 nitrogen and oxygen atoms in total. The van der Waals surface area contributed by atoms with Crippen LogP contribution in [0.3, 0.4) is 0 Å². The lowest BCUT2D eigenvalue weighted by atomic mass is 10.1. The second kappa shape index (κ2) is 6.54. The molecule has 0 radical (unpaired) electrons. The summed E-state index contributed by atoms with van der Waals surface area (Å²) in [6.07, 6.45) is 2.02. The van der Waals surface area contributed by atoms with Crippen molar-refractivity contribution in [3.8, 4) is 0 Å². The third-order valence-electron chi connectivity index (χ3n) is 2.62. The molecule has 0 spiro atoms. The van der Waals surface area contributed by atoms with Gasteiger partial charge in [-0.3, -0.25) is 9.10 Å². The fourth-order valence-corrected chi connectivity index (χ4v) is 3.08. The highest BCUT2D eigenvalue weighted by atomic mass is 32.2. The Morgan fingerprint density at radius 1 is 1.19 bits per heavy atom. The molecule has 1 N–H and O–H groups in total. The van der Waals surface area contributed by atoms with Crippen molar-refractivity contribution in [1.82, 2.24) is 4.72 Å². The second-order valence-corrected chi connectivity index (χ2v) is 8.35. The predicted octanol–water partition coefficient (Wildman–Crippen LogP) is 0.204. The molecule has 0 unspecified atom stereocenters. The summed E-state index contributed by atoms with van der Waals surface area (Å²) >= 11 is 0. The third kappa shape index (κ3) is 5.82. The van der Waals surface area contributed by atoms with Crippen LogP contribution in [0.5, 0.6) is 0 Å². The largest absolute Gasteiger partial charge is 0.295 e. The first-order valence-electron chi connectivity index (χ1n) is 6.04. The smallest absolute Gasteiger partial charge is 0.232 e. The molecule has 0 saturated carbocycles. The number of ketones is 1. The Hall–Kier alpha value is -1.45. The van der Waals surface area contributed by atoms with Crippen LogP contribution in [0, 0.1) is 0 Å². The Labute approximate surface area is 125 Å². The zero-order chi connectivity index (χ0) is 16.3. The van der Waals surface area contributed by atoms with E-state index in [9.17, 15) is 21.6 Å². The number of nitrogens with zero attached hydrogens (tertiary/aromatic N) is 1. The van der Waals surface area contributed by atoms with E-state index in [0.29, 0.717) is 11.3 Å². The molecule has 0 fully saturated rings. The van der Waals surface area contributed by atoms with Crippen LogP contribution in [0.1, 0.15) is 17.3 Å². The van der Waals surface area contributed by atoms with E-state index in [-0.39, 0.29) is 18.9 Å². The molecule has 21 heavy (non-hydrogen) atoms. The van der Waals surface area contributed by atoms with Gasteiger partial charge in [-0.2, -0.15) is 0 Å². The Bertz CT molecular complexity index is 726. The molecule has 1 aromatic carbocycles. The number of hydrogen-bond acceptors (Lipinski definition) is 5. The van der Waals surface area contributed by atoms with Crippen LogP contribution >= 0.6 is 0 Å². The fraction of sp³-hybridized carbons (Fsp3) is 0.417. The van der Waals surface area contributed by atoms with E-state index in [1.54, 1.807) is 18.2 Å². The maximum Gasteiger partial charge on any atom is 0.232 e. The second-order valence-electron chi connectivity index (χ2n) is 4.61. The summed E-state index contributed by atoms with van der Waals surface area (Å²) in [6, 6.07) is 6.17. The Kier molecular flexibility index (Phi) is 5.48. The molecule has 0 heterocycles. The summed E-state index contributed by atoms with van der Waals surface area (Å²) in [5, 5.41) is 0. The normalized spacial score (nSPS) is 12.1. The Morgan fingerprint density at radius 2 is 1.81 bits per heavy atom. The van der Waals surface area contributed by atoms with E-state index in [0.717, 1.165) is 16.8 Å². The van der Waals surface area contributed by atoms with Crippen LogP contribution in [-0.4, -0.2) is 48.2 Å². The van der Waals surface area contributed by atoms with Crippen LogP contribution in [0.2, 0.25) is 0 Å². The lowest BCUT2D eigenvalue weighted by molar-refractivity contribution is 0.101. The first-order valence-corrected chi connectivity index (χ1v) is 9.78. The maximum absolute atomic E-state index is 11.8. The summed E-state index contributed by atoms with van der Waals surface area (Å²) in [5.74, 6) is -0.181. The minimum absolute atomic E-state index is 0.0593. The predicted molar refractivity (Wildman–Crippen MR) is 81.5 cm³/mol. The zero-order valence-electron chi connectivity index (χ0n) is 12.0. The number of rotatable bonds is 7. The van der Waals surface area contributed by atoms with E-state index in [1.807, 2.05) is 0 Å². The van der Waals surface area contributed by atoms with Crippen LogP contribution < -0.4 is 9.03 Å². The van der Waals surface area contributed by atoms with Gasteiger partial charge >= 0.3 is 0 Å². The van der Waals surface area contributed by atoms with Crippen molar-refractivity contribution in [2.75, 3.05) is 29.9 Å². The lowest BCUT2D eigenvalue weighted by Crippen LogP contribution is -2.37. The molecule has 0 saturated heterocycles. The molecule has 0 aliphatic heterocycles. The SMILES string of the molecule is CC(=O)c1cccc(N(CCNS(C)(=O)=O)S(C)(=O)=O)c1. The number of Topliss-reactive ketones (excluding diaryl/α,β-unsaturated/α-hetero) is 1. The summed E-state index contributed by atoms with van der Waals surface area (Å²) in [4.78, 5) is 11.4. The molecule has 0 bridgehead atoms. The summed E-state index contributed by atoms with van der Waals surface area (Å²) in [6.45, 7) is 1.26. The van der Waals surface area contributed by atoms with Crippen molar-refractivity contribution in [2.24, 2.45) is 0 Å². The first kappa shape index (κ1) is 17.6. The van der Waals surface area contributed by atoms with Crippen LogP contribution in [0.15, 0.2) is 24.3 Å². The number of carbonyl (C=O) groups excluding carboxylic acids is 1. The van der Waals surface area contributed by atoms with Crippen molar-refractivity contribution < 1.29 is 21.6 Å². The minimum atomic E-state index is -3.59. The molecule has 0 atom stereocenters. The van der Waals surface area contributed by atoms with Crippen molar-refractivity contribution in [3.05, 3.63) is 29.8 Å². The molecule has 9 heteroatoms. The molecule has 0 amide bonds. The number of benzene rings is 1. The molecular weight excluding hydrogens is 316 g/mol. The van der Waals surface area contributed by atoms with Gasteiger partial charge in [-0.1, -0.05) is 12.1 Å². The van der Waals surface area contributed by atoms with Gasteiger partial charge in [0.1, 0.15) is 0 Å². The summed E-state index contributed by atoms with van der Waals surface area (Å²) in [7, 11) is -6.99. The van der Waals surface area contributed by atoms with E-state index < -0.39 is 20.0 Å². The third-order valence-corrected chi connectivity index (χ3v) is 4.54. The van der Waals surface area contributed by atoms with Gasteiger partial charge in [0, 0.05) is 18.7 Å². The van der Waals surface area contributed by atoms with Crippen LogP contribution in [0.4, 0.5) is 5.69 Å². The minimum Gasteiger partial charge on any atom is -0.295 e. The van der Waals surface area contributed by atoms with E-state index in [2.05, 4.69) is 4.72 Å². The van der Waals surface area contributed by atoms with Crippen molar-refractivity contribution >= 4 is 31.5 Å². The van der Waals surface area contributed by atoms with Gasteiger partial charge in [0.2, 0.25) is 20.0 Å². The number of nitrogens with one attached hydrogen (secondary N) is 1. The monoisotopic (exact) mass is 334 g/mol. The van der Waals surface area contributed by atoms with E-state index >= 15 is 0 Å². The van der Waals surface area contributed by atoms with Gasteiger partial charge in [0.05, 0.1) is 18.2 Å². The zero-order valence-corrected chi connectivity index (χ0v) is 13.7. The lowest BCUT2D eigenvalue weighted by Gasteiger charge is -2.22. The van der Waals surface area contributed by atoms with Crippen LogP contribution in [0.25, 0.3) is 0 Å². The topological polar surface area (TPSA) is 101 Å². The molecule has 0 aliphatic carbocycles. The number of hydrogen-bond donors (Lipinski definition) is 1. The molecule has 1 rings (SSSR count). The van der Waals surface area contributed by atoms with Crippen molar-refractivity contribution in [1.29, 1.82) is 0 Å². The molecule has 0 aromatic heterocycles. The maximum atomic E-state index is 11.8. The molecule has 1 aromatic rings. The highest BCUT2D eigenvalue weighted by Crippen LogP contribution is 2.19. The molecular formula is C12H18N2O5S2. The quantitative estimate of drug-likeness (QED) is 0.718. The highest BCUT2D eigenvalue weighted by molar-refractivity contribution is 7.92. The first-order chi connectivity index (χ1) is 9.50. The number of sulfonamides is 2. The standard InChI is InChI=1S/C12H18N2O5S2/c1-10(15)11-5-4-6-12(9-11)14(21(3,18)19)8-7-13-20(2,16)17/h4-6,9,13H,7-8H2,1-3H3. The van der Waals surface area contributed by atoms with Gasteiger partial charge < -0.3 is 0 Å². The summed E-state index contributed by atoms with van der Waals surface area (Å²) < 4.78 is 49.0. The van der Waals surface area contributed by atoms with E-state index in [4.69, 9.17) is 0 Å². The van der Waals surface area contributed by atoms with Gasteiger partial charge in [0.15, 0.2) is 5.78 Å². The van der Waals surface area contributed by atoms with Gasteiger partial charge in [-0.25, -0.2) is 21.6 Å². The van der Waals surface area contributed by atoms with Crippen LogP contribution in [-0.2, 0) is 20.0 Å². The molecule has 0 aliphatic rings. The summed E-state index contributed by atoms with van der Waals surface area (Å²) in [5.41, 5.74) is 0.706. The molecule has 118 valence electrons. The van der Waals surface area contributed by atoms with Gasteiger partial charge in [-0.05, 0) is 19.1 Å². The average Bonchev–Trinajstić information content (AvgIpc) is 2.32. The van der Waals surface area contributed by atoms with E-state index in [1.165, 1.54) is 13.0 Å². The fourth-order valence-electron chi connectivity index (χ4n) is 1.70. The number of anilines is 1. The van der Waals surface area contributed by atoms with Crippen molar-refractivity contribution in [3.63, 3.8) is 0 Å². The highest BCUT2D eigenvalue weighted by Gasteiger charge is 2.18. The van der Waals surface area contributed by atoms with Gasteiger partial charge in [0.25, 0.3) is 0 Å². The number of carbonyl (C=O) groups is 1. The van der Waals surface area contributed by atoms with Gasteiger partial charge in [-0.15, -0.1) is 0 Å². The van der Waals surface area contributed by atoms with Crippen molar-refractivity contribution in [2.45, 2.75) is 6.92 Å². The Balaban J connectivity index is 3.04.